The van der Waals surface area contributed by atoms with Gasteiger partial charge < -0.3 is 10.0 Å². The fraction of sp³-hybridized carbons (Fsp3) is 0.625. The van der Waals surface area contributed by atoms with Crippen LogP contribution in [-0.4, -0.2) is 47.2 Å². The number of aliphatic carboxylic acids is 1. The summed E-state index contributed by atoms with van der Waals surface area (Å²) >= 11 is 0. The lowest BCUT2D eigenvalue weighted by molar-refractivity contribution is -0.141. The zero-order valence-corrected chi connectivity index (χ0v) is 18.0. The van der Waals surface area contributed by atoms with E-state index in [0.29, 0.717) is 13.1 Å². The molecule has 29 heavy (non-hydrogen) atoms. The van der Waals surface area contributed by atoms with E-state index in [1.165, 1.54) is 16.7 Å². The summed E-state index contributed by atoms with van der Waals surface area (Å²) in [6.07, 6.45) is 4.36. The number of nitrogens with zero attached hydrogens (tertiary/aromatic N) is 2. The Balaban J connectivity index is 1.81. The first-order valence-corrected chi connectivity index (χ1v) is 11.1. The van der Waals surface area contributed by atoms with Crippen LogP contribution in [0.2, 0.25) is 0 Å². The first kappa shape index (κ1) is 21.5. The van der Waals surface area contributed by atoms with Crippen molar-refractivity contribution in [3.05, 3.63) is 34.9 Å². The van der Waals surface area contributed by atoms with Crippen LogP contribution in [0.5, 0.6) is 0 Å². The second-order valence-electron chi connectivity index (χ2n) is 8.65. The predicted octanol–water partition coefficient (Wildman–Crippen LogP) is 4.11. The first-order chi connectivity index (χ1) is 13.9. The highest BCUT2D eigenvalue weighted by Gasteiger charge is 2.35. The van der Waals surface area contributed by atoms with E-state index in [2.05, 4.69) is 39.0 Å². The van der Waals surface area contributed by atoms with Crippen LogP contribution in [0.1, 0.15) is 62.6 Å². The van der Waals surface area contributed by atoms with Crippen LogP contribution >= 0.6 is 0 Å². The smallest absolute Gasteiger partial charge is 0.303 e. The van der Waals surface area contributed by atoms with Gasteiger partial charge in [-0.25, -0.2) is 0 Å². The minimum absolute atomic E-state index is 0.0714. The molecule has 2 heterocycles. The van der Waals surface area contributed by atoms with E-state index in [1.807, 2.05) is 4.90 Å². The van der Waals surface area contributed by atoms with Crippen molar-refractivity contribution in [1.82, 2.24) is 4.90 Å². The summed E-state index contributed by atoms with van der Waals surface area (Å²) < 4.78 is 0. The molecule has 0 bridgehead atoms. The Labute approximate surface area is 174 Å². The van der Waals surface area contributed by atoms with Gasteiger partial charge in [-0.1, -0.05) is 31.5 Å². The molecule has 2 aliphatic rings. The van der Waals surface area contributed by atoms with Crippen molar-refractivity contribution in [1.29, 1.82) is 0 Å². The maximum atomic E-state index is 12.9. The van der Waals surface area contributed by atoms with Crippen LogP contribution in [0.25, 0.3) is 0 Å². The molecule has 158 valence electrons. The fourth-order valence-corrected chi connectivity index (χ4v) is 4.90. The summed E-state index contributed by atoms with van der Waals surface area (Å²) in [5.41, 5.74) is 4.85. The highest BCUT2D eigenvalue weighted by molar-refractivity contribution is 6.03. The summed E-state index contributed by atoms with van der Waals surface area (Å²) in [5, 5.41) is 9.41. The topological polar surface area (TPSA) is 70.0 Å². The van der Waals surface area contributed by atoms with Crippen LogP contribution in [-0.2, 0) is 16.0 Å². The molecule has 1 saturated heterocycles. The first-order valence-electron chi connectivity index (χ1n) is 11.1. The van der Waals surface area contributed by atoms with E-state index in [-0.39, 0.29) is 30.1 Å². The van der Waals surface area contributed by atoms with E-state index in [0.717, 1.165) is 44.4 Å². The molecule has 0 unspecified atom stereocenters. The zero-order valence-electron chi connectivity index (χ0n) is 18.0. The summed E-state index contributed by atoms with van der Waals surface area (Å²) in [5.74, 6) is -0.209. The standard InChI is InChI=1S/C24H34N2O3/c1-4-17(5-2)24(29)26-11-9-19(14-23(27)28)20(15-26)13-22-21-12-16(3)6-7-18(21)8-10-25-22/h6-7,12,17,19-20H,4-5,8-11,13-15H2,1-3H3,(H,27,28)/t19-,20-/m0/s1. The molecule has 0 radical (unpaired) electrons. The van der Waals surface area contributed by atoms with Gasteiger partial charge in [0.05, 0.1) is 0 Å². The summed E-state index contributed by atoms with van der Waals surface area (Å²) in [6.45, 7) is 8.33. The molecule has 1 N–H and O–H groups in total. The lowest BCUT2D eigenvalue weighted by Gasteiger charge is -2.40. The molecule has 0 aliphatic carbocycles. The number of fused-ring (bicyclic) bond motifs is 1. The Kier molecular flexibility index (Phi) is 7.09. The highest BCUT2D eigenvalue weighted by Crippen LogP contribution is 2.33. The third-order valence-electron chi connectivity index (χ3n) is 6.69. The summed E-state index contributed by atoms with van der Waals surface area (Å²) in [4.78, 5) is 31.2. The minimum Gasteiger partial charge on any atom is -0.481 e. The van der Waals surface area contributed by atoms with E-state index >= 15 is 0 Å². The van der Waals surface area contributed by atoms with E-state index in [9.17, 15) is 14.7 Å². The third kappa shape index (κ3) is 5.06. The summed E-state index contributed by atoms with van der Waals surface area (Å²) in [6, 6.07) is 6.54. The molecule has 3 rings (SSSR count). The highest BCUT2D eigenvalue weighted by atomic mass is 16.4. The number of hydrogen-bond acceptors (Lipinski definition) is 3. The largest absolute Gasteiger partial charge is 0.481 e. The number of likely N-dealkylation sites (tertiary alicyclic amines) is 1. The van der Waals surface area contributed by atoms with Crippen molar-refractivity contribution in [2.24, 2.45) is 22.7 Å². The predicted molar refractivity (Wildman–Crippen MR) is 115 cm³/mol. The van der Waals surface area contributed by atoms with Gasteiger partial charge in [0.1, 0.15) is 0 Å². The quantitative estimate of drug-likeness (QED) is 0.751. The monoisotopic (exact) mass is 398 g/mol. The number of aryl methyl sites for hydroxylation is 1. The Bertz CT molecular complexity index is 782. The average Bonchev–Trinajstić information content (AvgIpc) is 2.70. The number of hydrogen-bond donors (Lipinski definition) is 1. The van der Waals surface area contributed by atoms with Crippen molar-refractivity contribution in [3.8, 4) is 0 Å². The van der Waals surface area contributed by atoms with Gasteiger partial charge in [0, 0.05) is 37.7 Å². The molecule has 5 nitrogen and oxygen atoms in total. The van der Waals surface area contributed by atoms with Crippen molar-refractivity contribution in [2.75, 3.05) is 19.6 Å². The molecule has 0 spiro atoms. The second-order valence-corrected chi connectivity index (χ2v) is 8.65. The maximum absolute atomic E-state index is 12.9. The van der Waals surface area contributed by atoms with E-state index in [4.69, 9.17) is 4.99 Å². The minimum atomic E-state index is -0.749. The number of amides is 1. The third-order valence-corrected chi connectivity index (χ3v) is 6.69. The lowest BCUT2D eigenvalue weighted by Crippen LogP contribution is -2.47. The Morgan fingerprint density at radius 3 is 2.69 bits per heavy atom. The van der Waals surface area contributed by atoms with Crippen LogP contribution in [0.15, 0.2) is 23.2 Å². The Hall–Kier alpha value is -2.17. The molecule has 1 aromatic carbocycles. The molecule has 1 aromatic rings. The Morgan fingerprint density at radius 1 is 1.24 bits per heavy atom. The Morgan fingerprint density at radius 2 is 2.00 bits per heavy atom. The zero-order chi connectivity index (χ0) is 21.0. The molecule has 0 aromatic heterocycles. The number of carboxylic acids is 1. The molecular weight excluding hydrogens is 364 g/mol. The van der Waals surface area contributed by atoms with E-state index < -0.39 is 5.97 Å². The summed E-state index contributed by atoms with van der Waals surface area (Å²) in [7, 11) is 0. The van der Waals surface area contributed by atoms with Gasteiger partial charge in [-0.3, -0.25) is 14.6 Å². The van der Waals surface area contributed by atoms with Crippen LogP contribution in [0, 0.1) is 24.7 Å². The van der Waals surface area contributed by atoms with Crippen molar-refractivity contribution in [3.63, 3.8) is 0 Å². The molecule has 0 saturated carbocycles. The van der Waals surface area contributed by atoms with Gasteiger partial charge in [-0.2, -0.15) is 0 Å². The van der Waals surface area contributed by atoms with Crippen molar-refractivity contribution >= 4 is 17.6 Å². The second kappa shape index (κ2) is 9.55. The molecule has 1 amide bonds. The van der Waals surface area contributed by atoms with Gasteiger partial charge in [-0.15, -0.1) is 0 Å². The number of carboxylic acid groups (broad SMARTS) is 1. The van der Waals surface area contributed by atoms with E-state index in [1.54, 1.807) is 0 Å². The SMILES string of the molecule is CCC(CC)C(=O)N1CC[C@@H](CC(=O)O)[C@@H](CC2=NCCc3ccc(C)cc32)C1. The van der Waals surface area contributed by atoms with Crippen LogP contribution < -0.4 is 0 Å². The van der Waals surface area contributed by atoms with Crippen LogP contribution in [0.3, 0.4) is 0 Å². The van der Waals surface area contributed by atoms with Gasteiger partial charge in [0.2, 0.25) is 5.91 Å². The molecular formula is C24H34N2O3. The van der Waals surface area contributed by atoms with Crippen LogP contribution in [0.4, 0.5) is 0 Å². The van der Waals surface area contributed by atoms with Crippen molar-refractivity contribution in [2.45, 2.75) is 59.3 Å². The van der Waals surface area contributed by atoms with Gasteiger partial charge in [-0.05, 0) is 68.1 Å². The number of benzene rings is 1. The molecule has 2 atom stereocenters. The lowest BCUT2D eigenvalue weighted by atomic mass is 9.78. The van der Waals surface area contributed by atoms with Gasteiger partial charge in [0.15, 0.2) is 0 Å². The molecule has 2 aliphatic heterocycles. The van der Waals surface area contributed by atoms with Gasteiger partial charge in [0.25, 0.3) is 0 Å². The number of carbonyl (C=O) groups excluding carboxylic acids is 1. The van der Waals surface area contributed by atoms with Gasteiger partial charge >= 0.3 is 5.97 Å². The fourth-order valence-electron chi connectivity index (χ4n) is 4.90. The number of carbonyl (C=O) groups is 2. The molecule has 1 fully saturated rings. The number of aliphatic imine (C=N–C) groups is 1. The average molecular weight is 399 g/mol. The number of piperidine rings is 1. The maximum Gasteiger partial charge on any atom is 0.303 e. The van der Waals surface area contributed by atoms with Crippen molar-refractivity contribution < 1.29 is 14.7 Å². The molecule has 5 heteroatoms. The number of rotatable bonds is 7. The normalized spacial score (nSPS) is 21.7.